The average Bonchev–Trinajstić information content (AvgIpc) is 2.15. The molecule has 2 nitrogen and oxygen atoms in total. The Balaban J connectivity index is 2.62. The molecule has 70 valence electrons. The third kappa shape index (κ3) is 2.98. The lowest BCUT2D eigenvalue weighted by atomic mass is 9.91. The Hall–Kier alpha value is -1.18. The van der Waals surface area contributed by atoms with Crippen molar-refractivity contribution in [1.82, 2.24) is 4.98 Å². The summed E-state index contributed by atoms with van der Waals surface area (Å²) in [6.45, 7) is 4.13. The van der Waals surface area contributed by atoms with Gasteiger partial charge in [0.05, 0.1) is 0 Å². The molecule has 0 aromatic carbocycles. The van der Waals surface area contributed by atoms with E-state index in [1.165, 1.54) is 0 Å². The zero-order valence-electron chi connectivity index (χ0n) is 8.10. The van der Waals surface area contributed by atoms with Crippen molar-refractivity contribution in [1.29, 1.82) is 0 Å². The van der Waals surface area contributed by atoms with Crippen LogP contribution in [-0.4, -0.2) is 11.3 Å². The molecule has 0 bridgehead atoms. The molecule has 0 radical (unpaired) electrons. The van der Waals surface area contributed by atoms with Crippen LogP contribution in [0, 0.1) is 11.8 Å². The number of carbonyl (C=O) groups is 1. The Bertz CT molecular complexity index is 256. The first-order valence-electron chi connectivity index (χ1n) is 4.58. The van der Waals surface area contributed by atoms with Crippen LogP contribution in [0.3, 0.4) is 0 Å². The van der Waals surface area contributed by atoms with Gasteiger partial charge in [0.1, 0.15) is 6.29 Å². The molecule has 0 amide bonds. The van der Waals surface area contributed by atoms with Crippen molar-refractivity contribution in [3.63, 3.8) is 0 Å². The van der Waals surface area contributed by atoms with Gasteiger partial charge < -0.3 is 4.79 Å². The van der Waals surface area contributed by atoms with Gasteiger partial charge in [0.15, 0.2) is 0 Å². The summed E-state index contributed by atoms with van der Waals surface area (Å²) < 4.78 is 0. The highest BCUT2D eigenvalue weighted by atomic mass is 16.1. The predicted molar refractivity (Wildman–Crippen MR) is 52.3 cm³/mol. The van der Waals surface area contributed by atoms with Gasteiger partial charge in [-0.15, -0.1) is 0 Å². The van der Waals surface area contributed by atoms with Crippen LogP contribution in [0.5, 0.6) is 0 Å². The Morgan fingerprint density at radius 1 is 1.54 bits per heavy atom. The zero-order chi connectivity index (χ0) is 9.68. The first-order valence-corrected chi connectivity index (χ1v) is 4.58. The lowest BCUT2D eigenvalue weighted by Crippen LogP contribution is -2.13. The molecule has 0 saturated carbocycles. The second-order valence-electron chi connectivity index (χ2n) is 3.61. The van der Waals surface area contributed by atoms with Gasteiger partial charge in [0, 0.05) is 18.3 Å². The highest BCUT2D eigenvalue weighted by Crippen LogP contribution is 2.13. The summed E-state index contributed by atoms with van der Waals surface area (Å²) in [5.74, 6) is 0.516. The van der Waals surface area contributed by atoms with Crippen LogP contribution in [0.25, 0.3) is 0 Å². The van der Waals surface area contributed by atoms with Gasteiger partial charge >= 0.3 is 0 Å². The summed E-state index contributed by atoms with van der Waals surface area (Å²) in [6.07, 6.45) is 5.40. The molecule has 1 atom stereocenters. The molecular weight excluding hydrogens is 162 g/mol. The van der Waals surface area contributed by atoms with Crippen molar-refractivity contribution in [3.05, 3.63) is 30.1 Å². The molecule has 1 aromatic rings. The molecule has 1 rings (SSSR count). The number of nitrogens with zero attached hydrogens (tertiary/aromatic N) is 1. The molecule has 13 heavy (non-hydrogen) atoms. The molecular formula is C11H15NO. The second-order valence-corrected chi connectivity index (χ2v) is 3.61. The zero-order valence-corrected chi connectivity index (χ0v) is 8.10. The molecule has 0 aliphatic rings. The Morgan fingerprint density at radius 2 is 2.31 bits per heavy atom. The number of aromatic nitrogens is 1. The highest BCUT2D eigenvalue weighted by molar-refractivity contribution is 5.54. The number of pyridine rings is 1. The molecule has 0 aliphatic heterocycles. The van der Waals surface area contributed by atoms with Crippen molar-refractivity contribution in [2.45, 2.75) is 20.3 Å². The van der Waals surface area contributed by atoms with Gasteiger partial charge in [0.25, 0.3) is 0 Å². The number of hydrogen-bond donors (Lipinski definition) is 0. The van der Waals surface area contributed by atoms with E-state index in [-0.39, 0.29) is 5.92 Å². The maximum atomic E-state index is 10.7. The minimum absolute atomic E-state index is 0.115. The standard InChI is InChI=1S/C11H15NO/c1-9(2)11(8-13)6-10-4-3-5-12-7-10/h3-5,7-9,11H,6H2,1-2H3. The van der Waals surface area contributed by atoms with E-state index in [0.717, 1.165) is 18.3 Å². The molecule has 0 N–H and O–H groups in total. The summed E-state index contributed by atoms with van der Waals surface area (Å²) in [5, 5.41) is 0. The monoisotopic (exact) mass is 177 g/mol. The summed E-state index contributed by atoms with van der Waals surface area (Å²) >= 11 is 0. The summed E-state index contributed by atoms with van der Waals surface area (Å²) in [7, 11) is 0. The van der Waals surface area contributed by atoms with E-state index in [1.807, 2.05) is 18.3 Å². The maximum absolute atomic E-state index is 10.7. The smallest absolute Gasteiger partial charge is 0.123 e. The Kier molecular flexibility index (Phi) is 3.62. The highest BCUT2D eigenvalue weighted by Gasteiger charge is 2.12. The van der Waals surface area contributed by atoms with Crippen LogP contribution in [0.4, 0.5) is 0 Å². The van der Waals surface area contributed by atoms with Gasteiger partial charge in [-0.05, 0) is 24.0 Å². The lowest BCUT2D eigenvalue weighted by Gasteiger charge is -2.13. The molecule has 1 heterocycles. The second kappa shape index (κ2) is 4.75. The van der Waals surface area contributed by atoms with Gasteiger partial charge in [-0.1, -0.05) is 19.9 Å². The third-order valence-corrected chi connectivity index (χ3v) is 2.23. The molecule has 1 unspecified atom stereocenters. The lowest BCUT2D eigenvalue weighted by molar-refractivity contribution is -0.112. The fourth-order valence-electron chi connectivity index (χ4n) is 1.23. The number of rotatable bonds is 4. The van der Waals surface area contributed by atoms with E-state index < -0.39 is 0 Å². The van der Waals surface area contributed by atoms with Crippen molar-refractivity contribution >= 4 is 6.29 Å². The van der Waals surface area contributed by atoms with E-state index in [0.29, 0.717) is 5.92 Å². The first-order chi connectivity index (χ1) is 6.24. The fraction of sp³-hybridized carbons (Fsp3) is 0.455. The molecule has 2 heteroatoms. The van der Waals surface area contributed by atoms with E-state index in [1.54, 1.807) is 6.20 Å². The quantitative estimate of drug-likeness (QED) is 0.659. The number of hydrogen-bond acceptors (Lipinski definition) is 2. The van der Waals surface area contributed by atoms with Crippen LogP contribution in [0.15, 0.2) is 24.5 Å². The molecule has 0 saturated heterocycles. The average molecular weight is 177 g/mol. The predicted octanol–water partition coefficient (Wildman–Crippen LogP) is 2.10. The summed E-state index contributed by atoms with van der Waals surface area (Å²) in [6, 6.07) is 3.91. The van der Waals surface area contributed by atoms with E-state index in [2.05, 4.69) is 18.8 Å². The SMILES string of the molecule is CC(C)C(C=O)Cc1cccnc1. The van der Waals surface area contributed by atoms with E-state index in [9.17, 15) is 4.79 Å². The van der Waals surface area contributed by atoms with Gasteiger partial charge in [0.2, 0.25) is 0 Å². The molecule has 0 spiro atoms. The van der Waals surface area contributed by atoms with Crippen molar-refractivity contribution in [2.75, 3.05) is 0 Å². The van der Waals surface area contributed by atoms with Gasteiger partial charge in [-0.3, -0.25) is 4.98 Å². The Labute approximate surface area is 79.0 Å². The Morgan fingerprint density at radius 3 is 2.77 bits per heavy atom. The minimum Gasteiger partial charge on any atom is -0.303 e. The van der Waals surface area contributed by atoms with Crippen LogP contribution >= 0.6 is 0 Å². The van der Waals surface area contributed by atoms with Crippen LogP contribution in [0.1, 0.15) is 19.4 Å². The third-order valence-electron chi connectivity index (χ3n) is 2.23. The normalized spacial score (nSPS) is 12.8. The number of carbonyl (C=O) groups excluding carboxylic acids is 1. The topological polar surface area (TPSA) is 30.0 Å². The van der Waals surface area contributed by atoms with Crippen molar-refractivity contribution < 1.29 is 4.79 Å². The van der Waals surface area contributed by atoms with Crippen LogP contribution in [-0.2, 0) is 11.2 Å². The van der Waals surface area contributed by atoms with E-state index in [4.69, 9.17) is 0 Å². The van der Waals surface area contributed by atoms with Crippen molar-refractivity contribution in [2.24, 2.45) is 11.8 Å². The largest absolute Gasteiger partial charge is 0.303 e. The summed E-state index contributed by atoms with van der Waals surface area (Å²) in [5.41, 5.74) is 1.13. The molecule has 1 aromatic heterocycles. The number of aldehydes is 1. The van der Waals surface area contributed by atoms with Gasteiger partial charge in [-0.25, -0.2) is 0 Å². The van der Waals surface area contributed by atoms with E-state index >= 15 is 0 Å². The molecule has 0 fully saturated rings. The minimum atomic E-state index is 0.115. The summed E-state index contributed by atoms with van der Waals surface area (Å²) in [4.78, 5) is 14.7. The maximum Gasteiger partial charge on any atom is 0.123 e. The first kappa shape index (κ1) is 9.90. The van der Waals surface area contributed by atoms with Crippen LogP contribution < -0.4 is 0 Å². The van der Waals surface area contributed by atoms with Crippen LogP contribution in [0.2, 0.25) is 0 Å². The van der Waals surface area contributed by atoms with Gasteiger partial charge in [-0.2, -0.15) is 0 Å². The van der Waals surface area contributed by atoms with Crippen molar-refractivity contribution in [3.8, 4) is 0 Å². The fourth-order valence-corrected chi connectivity index (χ4v) is 1.23. The molecule has 0 aliphatic carbocycles.